The summed E-state index contributed by atoms with van der Waals surface area (Å²) in [6.45, 7) is 10.3. The van der Waals surface area contributed by atoms with Gasteiger partial charge in [0.15, 0.2) is 12.6 Å². The number of piperidine rings is 1. The Morgan fingerprint density at radius 2 is 1.76 bits per heavy atom. The average Bonchev–Trinajstić information content (AvgIpc) is 2.54. The zero-order chi connectivity index (χ0) is 18.6. The number of nitrogens with one attached hydrogen (secondary N) is 2. The molecule has 1 saturated heterocycles. The van der Waals surface area contributed by atoms with Crippen molar-refractivity contribution in [3.8, 4) is 0 Å². The van der Waals surface area contributed by atoms with Crippen LogP contribution in [0.15, 0.2) is 24.3 Å². The Bertz CT molecular complexity index is 589. The Morgan fingerprint density at radius 3 is 2.32 bits per heavy atom. The molecule has 4 atom stereocenters. The van der Waals surface area contributed by atoms with Gasteiger partial charge in [0.1, 0.15) is 0 Å². The fraction of sp³-hybridized carbons (Fsp3) is 0.600. The minimum Gasteiger partial charge on any atom is -0.337 e. The van der Waals surface area contributed by atoms with Gasteiger partial charge >= 0.3 is 0 Å². The molecule has 2 amide bonds. The fourth-order valence-electron chi connectivity index (χ4n) is 3.58. The van der Waals surface area contributed by atoms with E-state index < -0.39 is 0 Å². The Kier molecular flexibility index (Phi) is 6.59. The number of carbonyl (C=O) groups excluding carboxylic acids is 2. The number of likely N-dealkylation sites (N-methyl/N-ethyl adjacent to an activating group) is 1. The second-order valence-electron chi connectivity index (χ2n) is 7.85. The van der Waals surface area contributed by atoms with Crippen LogP contribution in [-0.4, -0.2) is 49.4 Å². The van der Waals surface area contributed by atoms with E-state index in [1.807, 2.05) is 50.1 Å². The molecule has 5 nitrogen and oxygen atoms in total. The third-order valence-corrected chi connectivity index (χ3v) is 5.06. The summed E-state index contributed by atoms with van der Waals surface area (Å²) in [5.41, 5.74) is 1.95. The molecule has 0 spiro atoms. The standard InChI is InChI=1S/C20H31N3O2/c1-14-6-8-18(9-7-14)21-19(24)13-22(5)17(4)20(25)23-11-15(2)10-16(3)12-23/h6-9,15-17H,10-13H2,1-5H3,(H,21,24)/p+1/t15-,16+,17-/m1/s1. The van der Waals surface area contributed by atoms with Gasteiger partial charge < -0.3 is 15.1 Å². The molecule has 0 saturated carbocycles. The monoisotopic (exact) mass is 346 g/mol. The third-order valence-electron chi connectivity index (χ3n) is 5.06. The SMILES string of the molecule is Cc1ccc(NC(=O)C[NH+](C)[C@H](C)C(=O)N2C[C@H](C)C[C@H](C)C2)cc1. The number of amides is 2. The first-order valence-corrected chi connectivity index (χ1v) is 9.24. The summed E-state index contributed by atoms with van der Waals surface area (Å²) < 4.78 is 0. The summed E-state index contributed by atoms with van der Waals surface area (Å²) in [5.74, 6) is 1.18. The lowest BCUT2D eigenvalue weighted by molar-refractivity contribution is -0.886. The van der Waals surface area contributed by atoms with Crippen molar-refractivity contribution in [2.24, 2.45) is 11.8 Å². The van der Waals surface area contributed by atoms with Crippen molar-refractivity contribution >= 4 is 17.5 Å². The van der Waals surface area contributed by atoms with Crippen LogP contribution in [-0.2, 0) is 9.59 Å². The predicted molar refractivity (Wildman–Crippen MR) is 101 cm³/mol. The first-order valence-electron chi connectivity index (χ1n) is 9.24. The number of hydrogen-bond acceptors (Lipinski definition) is 2. The topological polar surface area (TPSA) is 53.9 Å². The van der Waals surface area contributed by atoms with Crippen molar-refractivity contribution < 1.29 is 14.5 Å². The van der Waals surface area contributed by atoms with Gasteiger partial charge in [0.2, 0.25) is 0 Å². The Hall–Kier alpha value is -1.88. The van der Waals surface area contributed by atoms with Crippen molar-refractivity contribution in [3.05, 3.63) is 29.8 Å². The minimum atomic E-state index is -0.221. The van der Waals surface area contributed by atoms with Crippen molar-refractivity contribution in [2.75, 3.05) is 32.0 Å². The molecule has 0 aliphatic carbocycles. The van der Waals surface area contributed by atoms with Crippen LogP contribution in [0.1, 0.15) is 32.8 Å². The largest absolute Gasteiger partial charge is 0.337 e. The summed E-state index contributed by atoms with van der Waals surface area (Å²) in [6, 6.07) is 7.51. The molecule has 25 heavy (non-hydrogen) atoms. The van der Waals surface area contributed by atoms with Gasteiger partial charge in [-0.1, -0.05) is 31.5 Å². The summed E-state index contributed by atoms with van der Waals surface area (Å²) in [7, 11) is 1.91. The van der Waals surface area contributed by atoms with Crippen molar-refractivity contribution in [1.82, 2.24) is 4.90 Å². The van der Waals surface area contributed by atoms with Crippen LogP contribution in [0.25, 0.3) is 0 Å². The number of anilines is 1. The molecule has 2 N–H and O–H groups in total. The molecule has 1 aliphatic rings. The van der Waals surface area contributed by atoms with Crippen LogP contribution in [0.2, 0.25) is 0 Å². The first kappa shape index (κ1) is 19.4. The molecule has 0 aromatic heterocycles. The zero-order valence-electron chi connectivity index (χ0n) is 16.1. The molecule has 1 aromatic carbocycles. The highest BCUT2D eigenvalue weighted by Gasteiger charge is 2.32. The molecular weight excluding hydrogens is 314 g/mol. The molecule has 1 heterocycles. The van der Waals surface area contributed by atoms with E-state index in [9.17, 15) is 9.59 Å². The second kappa shape index (κ2) is 8.48. The molecule has 0 radical (unpaired) electrons. The van der Waals surface area contributed by atoms with Crippen molar-refractivity contribution in [2.45, 2.75) is 40.2 Å². The summed E-state index contributed by atoms with van der Waals surface area (Å²) >= 11 is 0. The van der Waals surface area contributed by atoms with Gasteiger partial charge in [-0.25, -0.2) is 0 Å². The van der Waals surface area contributed by atoms with E-state index in [4.69, 9.17) is 0 Å². The maximum Gasteiger partial charge on any atom is 0.280 e. The molecule has 5 heteroatoms. The first-order chi connectivity index (χ1) is 11.8. The molecule has 1 unspecified atom stereocenters. The highest BCUT2D eigenvalue weighted by molar-refractivity contribution is 5.91. The molecule has 1 aromatic rings. The quantitative estimate of drug-likeness (QED) is 0.845. The highest BCUT2D eigenvalue weighted by Crippen LogP contribution is 2.21. The van der Waals surface area contributed by atoms with Gasteiger partial charge in [-0.15, -0.1) is 0 Å². The van der Waals surface area contributed by atoms with Crippen LogP contribution in [0.4, 0.5) is 5.69 Å². The van der Waals surface area contributed by atoms with E-state index in [1.54, 1.807) is 0 Å². The number of nitrogens with zero attached hydrogens (tertiary/aromatic N) is 1. The number of aryl methyl sites for hydroxylation is 1. The summed E-state index contributed by atoms with van der Waals surface area (Å²) in [6.07, 6.45) is 1.18. The molecule has 0 bridgehead atoms. The lowest BCUT2D eigenvalue weighted by Gasteiger charge is -2.36. The zero-order valence-corrected chi connectivity index (χ0v) is 16.1. The Labute approximate surface area is 151 Å². The normalized spacial score (nSPS) is 23.0. The van der Waals surface area contributed by atoms with E-state index in [-0.39, 0.29) is 24.4 Å². The molecule has 1 aliphatic heterocycles. The molecule has 2 rings (SSSR count). The summed E-state index contributed by atoms with van der Waals surface area (Å²) in [5, 5.41) is 2.90. The van der Waals surface area contributed by atoms with Crippen LogP contribution >= 0.6 is 0 Å². The van der Waals surface area contributed by atoms with E-state index in [0.717, 1.165) is 29.2 Å². The van der Waals surface area contributed by atoms with Gasteiger partial charge in [-0.3, -0.25) is 9.59 Å². The average molecular weight is 346 g/mol. The Balaban J connectivity index is 1.88. The fourth-order valence-corrected chi connectivity index (χ4v) is 3.58. The third kappa shape index (κ3) is 5.56. The number of hydrogen-bond donors (Lipinski definition) is 2. The number of carbonyl (C=O) groups is 2. The lowest BCUT2D eigenvalue weighted by atomic mass is 9.91. The van der Waals surface area contributed by atoms with Gasteiger partial charge in [-0.05, 0) is 44.2 Å². The highest BCUT2D eigenvalue weighted by atomic mass is 16.2. The van der Waals surface area contributed by atoms with Crippen LogP contribution < -0.4 is 10.2 Å². The minimum absolute atomic E-state index is 0.0682. The van der Waals surface area contributed by atoms with Crippen molar-refractivity contribution in [3.63, 3.8) is 0 Å². The van der Waals surface area contributed by atoms with E-state index in [0.29, 0.717) is 11.8 Å². The maximum absolute atomic E-state index is 12.8. The van der Waals surface area contributed by atoms with Gasteiger partial charge in [0, 0.05) is 18.8 Å². The number of benzene rings is 1. The van der Waals surface area contributed by atoms with Crippen LogP contribution in [0.3, 0.4) is 0 Å². The maximum atomic E-state index is 12.8. The molecule has 1 fully saturated rings. The van der Waals surface area contributed by atoms with Gasteiger partial charge in [0.05, 0.1) is 7.05 Å². The van der Waals surface area contributed by atoms with Gasteiger partial charge in [-0.2, -0.15) is 0 Å². The Morgan fingerprint density at radius 1 is 1.20 bits per heavy atom. The second-order valence-corrected chi connectivity index (χ2v) is 7.85. The van der Waals surface area contributed by atoms with Gasteiger partial charge in [0.25, 0.3) is 11.8 Å². The van der Waals surface area contributed by atoms with E-state index >= 15 is 0 Å². The number of likely N-dealkylation sites (tertiary alicyclic amines) is 1. The van der Waals surface area contributed by atoms with E-state index in [2.05, 4.69) is 19.2 Å². The number of rotatable bonds is 5. The van der Waals surface area contributed by atoms with Crippen LogP contribution in [0, 0.1) is 18.8 Å². The smallest absolute Gasteiger partial charge is 0.280 e. The summed E-state index contributed by atoms with van der Waals surface area (Å²) in [4.78, 5) is 27.9. The van der Waals surface area contributed by atoms with Crippen LogP contribution in [0.5, 0.6) is 0 Å². The van der Waals surface area contributed by atoms with Crippen molar-refractivity contribution in [1.29, 1.82) is 0 Å². The lowest BCUT2D eigenvalue weighted by Crippen LogP contribution is -3.15. The molecular formula is C20H32N3O2+. The van der Waals surface area contributed by atoms with E-state index in [1.165, 1.54) is 6.42 Å². The predicted octanol–water partition coefficient (Wildman–Crippen LogP) is 1.34. The number of quaternary nitrogens is 1. The molecule has 138 valence electrons.